The van der Waals surface area contributed by atoms with Gasteiger partial charge in [0.1, 0.15) is 23.1 Å². The van der Waals surface area contributed by atoms with E-state index in [2.05, 4.69) is 0 Å². The third kappa shape index (κ3) is 2.36. The highest BCUT2D eigenvalue weighted by Crippen LogP contribution is 2.34. The highest BCUT2D eigenvalue weighted by Gasteiger charge is 2.33. The molecule has 0 fully saturated rings. The highest BCUT2D eigenvalue weighted by molar-refractivity contribution is 5.39. The predicted octanol–water partition coefficient (Wildman–Crippen LogP) is 3.67. The molecule has 0 aliphatic carbocycles. The van der Waals surface area contributed by atoms with Gasteiger partial charge >= 0.3 is 0 Å². The molecule has 100 valence electrons. The Morgan fingerprint density at radius 3 is 2.37 bits per heavy atom. The number of rotatable bonds is 2. The summed E-state index contributed by atoms with van der Waals surface area (Å²) < 4.78 is 41.1. The normalized spacial score (nSPS) is 14.2. The summed E-state index contributed by atoms with van der Waals surface area (Å²) >= 11 is 0. The molecule has 0 radical (unpaired) electrons. The molecule has 0 aromatic heterocycles. The summed E-state index contributed by atoms with van der Waals surface area (Å²) in [7, 11) is 0. The molecular formula is C15H13F3O. The average Bonchev–Trinajstić information content (AvgIpc) is 2.34. The van der Waals surface area contributed by atoms with E-state index in [-0.39, 0.29) is 11.1 Å². The van der Waals surface area contributed by atoms with Crippen molar-refractivity contribution in [1.29, 1.82) is 0 Å². The molecule has 0 heterocycles. The van der Waals surface area contributed by atoms with Crippen LogP contribution in [-0.2, 0) is 5.60 Å². The van der Waals surface area contributed by atoms with Crippen LogP contribution in [0.2, 0.25) is 0 Å². The smallest absolute Gasteiger partial charge is 0.135 e. The van der Waals surface area contributed by atoms with Gasteiger partial charge in [-0.1, -0.05) is 18.2 Å². The monoisotopic (exact) mass is 266 g/mol. The molecule has 0 spiro atoms. The van der Waals surface area contributed by atoms with Crippen LogP contribution in [0, 0.1) is 24.4 Å². The van der Waals surface area contributed by atoms with Crippen LogP contribution in [0.25, 0.3) is 0 Å². The van der Waals surface area contributed by atoms with Crippen molar-refractivity contribution in [2.75, 3.05) is 0 Å². The molecule has 1 nitrogen and oxygen atoms in total. The molecule has 2 aromatic carbocycles. The van der Waals surface area contributed by atoms with Crippen molar-refractivity contribution in [3.8, 4) is 0 Å². The van der Waals surface area contributed by atoms with E-state index in [0.29, 0.717) is 0 Å². The van der Waals surface area contributed by atoms with E-state index in [1.165, 1.54) is 38.1 Å². The van der Waals surface area contributed by atoms with Gasteiger partial charge in [0.2, 0.25) is 0 Å². The second-order valence-electron chi connectivity index (χ2n) is 4.64. The first-order chi connectivity index (χ1) is 8.84. The fraction of sp³-hybridized carbons (Fsp3) is 0.200. The molecule has 0 saturated heterocycles. The minimum absolute atomic E-state index is 0.0934. The summed E-state index contributed by atoms with van der Waals surface area (Å²) in [6, 6.07) is 7.43. The maximum atomic E-state index is 14.1. The lowest BCUT2D eigenvalue weighted by Crippen LogP contribution is -2.26. The van der Waals surface area contributed by atoms with E-state index in [1.807, 2.05) is 0 Å². The first-order valence-electron chi connectivity index (χ1n) is 5.77. The first kappa shape index (κ1) is 13.6. The van der Waals surface area contributed by atoms with Gasteiger partial charge in [-0.25, -0.2) is 13.2 Å². The van der Waals surface area contributed by atoms with Crippen molar-refractivity contribution in [2.24, 2.45) is 0 Å². The Bertz CT molecular complexity index is 621. The molecule has 0 aliphatic heterocycles. The number of hydrogen-bond acceptors (Lipinski definition) is 1. The average molecular weight is 266 g/mol. The molecular weight excluding hydrogens is 253 g/mol. The molecule has 0 amide bonds. The van der Waals surface area contributed by atoms with Crippen LogP contribution in [0.15, 0.2) is 36.4 Å². The van der Waals surface area contributed by atoms with Crippen LogP contribution < -0.4 is 0 Å². The van der Waals surface area contributed by atoms with Crippen molar-refractivity contribution in [3.63, 3.8) is 0 Å². The third-order valence-corrected chi connectivity index (χ3v) is 3.16. The topological polar surface area (TPSA) is 20.2 Å². The zero-order valence-electron chi connectivity index (χ0n) is 10.5. The second kappa shape index (κ2) is 4.70. The highest BCUT2D eigenvalue weighted by atomic mass is 19.1. The molecule has 0 bridgehead atoms. The fourth-order valence-electron chi connectivity index (χ4n) is 2.04. The SMILES string of the molecule is Cc1ccc(F)c(C(C)(O)c2cccc(F)c2)c1F. The lowest BCUT2D eigenvalue weighted by molar-refractivity contribution is 0.0928. The minimum Gasteiger partial charge on any atom is -0.380 e. The Morgan fingerprint density at radius 2 is 1.74 bits per heavy atom. The zero-order valence-corrected chi connectivity index (χ0v) is 10.5. The number of benzene rings is 2. The van der Waals surface area contributed by atoms with Gasteiger partial charge < -0.3 is 5.11 Å². The quantitative estimate of drug-likeness (QED) is 0.879. The van der Waals surface area contributed by atoms with Gasteiger partial charge in [0.25, 0.3) is 0 Å². The molecule has 1 unspecified atom stereocenters. The van der Waals surface area contributed by atoms with Gasteiger partial charge in [-0.05, 0) is 43.2 Å². The fourth-order valence-corrected chi connectivity index (χ4v) is 2.04. The van der Waals surface area contributed by atoms with Crippen molar-refractivity contribution in [2.45, 2.75) is 19.4 Å². The standard InChI is InChI=1S/C15H13F3O/c1-9-6-7-12(17)13(14(9)18)15(2,19)10-4-3-5-11(16)8-10/h3-8,19H,1-2H3. The van der Waals surface area contributed by atoms with Gasteiger partial charge in [-0.15, -0.1) is 0 Å². The molecule has 2 aromatic rings. The van der Waals surface area contributed by atoms with Gasteiger partial charge in [0, 0.05) is 0 Å². The van der Waals surface area contributed by atoms with E-state index in [0.717, 1.165) is 12.1 Å². The molecule has 19 heavy (non-hydrogen) atoms. The van der Waals surface area contributed by atoms with Crippen LogP contribution in [-0.4, -0.2) is 5.11 Å². The molecule has 1 atom stereocenters. The zero-order chi connectivity index (χ0) is 14.2. The Hall–Kier alpha value is -1.81. The largest absolute Gasteiger partial charge is 0.380 e. The van der Waals surface area contributed by atoms with E-state index < -0.39 is 28.6 Å². The van der Waals surface area contributed by atoms with Gasteiger partial charge in [0.15, 0.2) is 0 Å². The van der Waals surface area contributed by atoms with Gasteiger partial charge in [0.05, 0.1) is 5.56 Å². The van der Waals surface area contributed by atoms with Crippen molar-refractivity contribution in [1.82, 2.24) is 0 Å². The molecule has 4 heteroatoms. The lowest BCUT2D eigenvalue weighted by Gasteiger charge is -2.26. The summed E-state index contributed by atoms with van der Waals surface area (Å²) in [5, 5.41) is 10.4. The summed E-state index contributed by atoms with van der Waals surface area (Å²) in [5.74, 6) is -2.27. The summed E-state index contributed by atoms with van der Waals surface area (Å²) in [6.07, 6.45) is 0. The van der Waals surface area contributed by atoms with Gasteiger partial charge in [-0.3, -0.25) is 0 Å². The van der Waals surface area contributed by atoms with Crippen molar-refractivity contribution >= 4 is 0 Å². The maximum Gasteiger partial charge on any atom is 0.135 e. The summed E-state index contributed by atoms with van der Waals surface area (Å²) in [4.78, 5) is 0. The third-order valence-electron chi connectivity index (χ3n) is 3.16. The molecule has 1 N–H and O–H groups in total. The Balaban J connectivity index is 2.66. The van der Waals surface area contributed by atoms with Crippen LogP contribution in [0.1, 0.15) is 23.6 Å². The number of halogens is 3. The van der Waals surface area contributed by atoms with Crippen LogP contribution in [0.4, 0.5) is 13.2 Å². The van der Waals surface area contributed by atoms with Crippen LogP contribution >= 0.6 is 0 Å². The Morgan fingerprint density at radius 1 is 1.05 bits per heavy atom. The molecule has 2 rings (SSSR count). The summed E-state index contributed by atoms with van der Waals surface area (Å²) in [6.45, 7) is 2.71. The van der Waals surface area contributed by atoms with E-state index >= 15 is 0 Å². The minimum atomic E-state index is -1.94. The first-order valence-corrected chi connectivity index (χ1v) is 5.77. The lowest BCUT2D eigenvalue weighted by atomic mass is 9.86. The molecule has 0 saturated carbocycles. The maximum absolute atomic E-state index is 14.1. The Labute approximate surface area is 109 Å². The molecule has 0 aliphatic rings. The second-order valence-corrected chi connectivity index (χ2v) is 4.64. The predicted molar refractivity (Wildman–Crippen MR) is 66.2 cm³/mol. The van der Waals surface area contributed by atoms with Gasteiger partial charge in [-0.2, -0.15) is 0 Å². The van der Waals surface area contributed by atoms with E-state index in [1.54, 1.807) is 0 Å². The Kier molecular flexibility index (Phi) is 3.37. The van der Waals surface area contributed by atoms with Crippen LogP contribution in [0.3, 0.4) is 0 Å². The number of aryl methyl sites for hydroxylation is 1. The number of hydrogen-bond donors (Lipinski definition) is 1. The van der Waals surface area contributed by atoms with Crippen molar-refractivity contribution < 1.29 is 18.3 Å². The number of aliphatic hydroxyl groups is 1. The van der Waals surface area contributed by atoms with Crippen molar-refractivity contribution in [3.05, 3.63) is 70.5 Å². The van der Waals surface area contributed by atoms with E-state index in [4.69, 9.17) is 0 Å². The van der Waals surface area contributed by atoms with Crippen LogP contribution in [0.5, 0.6) is 0 Å². The summed E-state index contributed by atoms with van der Waals surface area (Å²) in [5.41, 5.74) is -2.11. The van der Waals surface area contributed by atoms with E-state index in [9.17, 15) is 18.3 Å².